The Kier molecular flexibility index (Phi) is 6.23. The molecule has 9 heteroatoms. The Morgan fingerprint density at radius 2 is 1.93 bits per heavy atom. The van der Waals surface area contributed by atoms with E-state index < -0.39 is 6.03 Å². The van der Waals surface area contributed by atoms with Crippen molar-refractivity contribution in [2.75, 3.05) is 50.7 Å². The van der Waals surface area contributed by atoms with Gasteiger partial charge in [0.15, 0.2) is 0 Å². The number of nitrogens with zero attached hydrogens (tertiary/aromatic N) is 3. The predicted octanol–water partition coefficient (Wildman–Crippen LogP) is 1.09. The van der Waals surface area contributed by atoms with E-state index >= 15 is 0 Å². The van der Waals surface area contributed by atoms with Crippen LogP contribution in [-0.2, 0) is 0 Å². The first kappa shape index (κ1) is 20.2. The minimum absolute atomic E-state index is 0.0817. The van der Waals surface area contributed by atoms with Crippen LogP contribution in [0.25, 0.3) is 0 Å². The van der Waals surface area contributed by atoms with Gasteiger partial charge >= 0.3 is 12.1 Å². The Morgan fingerprint density at radius 3 is 2.54 bits per heavy atom. The van der Waals surface area contributed by atoms with Crippen LogP contribution in [0.4, 0.5) is 19.7 Å². The number of anilines is 1. The van der Waals surface area contributed by atoms with Gasteiger partial charge in [0.05, 0.1) is 11.7 Å². The van der Waals surface area contributed by atoms with Crippen LogP contribution in [0.5, 0.6) is 0 Å². The maximum atomic E-state index is 14.9. The zero-order valence-corrected chi connectivity index (χ0v) is 16.4. The number of carbonyl (C=O) groups excluding carboxylic acids is 2. The molecule has 4 N–H and O–H groups in total. The van der Waals surface area contributed by atoms with Crippen molar-refractivity contribution in [2.24, 2.45) is 5.73 Å². The third kappa shape index (κ3) is 4.46. The molecule has 154 valence electrons. The molecule has 0 aliphatic carbocycles. The molecule has 0 aromatic heterocycles. The molecule has 0 radical (unpaired) electrons. The minimum Gasteiger partial charge on any atom is -0.366 e. The number of nitrogens with one attached hydrogen (secondary N) is 2. The van der Waals surface area contributed by atoms with Gasteiger partial charge in [-0.25, -0.2) is 14.0 Å². The Bertz CT molecular complexity index is 720. The maximum absolute atomic E-state index is 14.9. The Hall–Kier alpha value is -2.55. The largest absolute Gasteiger partial charge is 0.366 e. The molecule has 0 bridgehead atoms. The molecule has 8 nitrogen and oxygen atoms in total. The summed E-state index contributed by atoms with van der Waals surface area (Å²) in [5, 5.41) is 6.10. The molecular formula is C19H29FN6O2. The predicted molar refractivity (Wildman–Crippen MR) is 106 cm³/mol. The maximum Gasteiger partial charge on any atom is 0.317 e. The molecule has 0 saturated carbocycles. The van der Waals surface area contributed by atoms with Gasteiger partial charge in [-0.05, 0) is 31.5 Å². The summed E-state index contributed by atoms with van der Waals surface area (Å²) in [6.45, 7) is 7.80. The molecule has 1 aromatic rings. The van der Waals surface area contributed by atoms with Crippen molar-refractivity contribution in [1.29, 1.82) is 0 Å². The first-order valence-corrected chi connectivity index (χ1v) is 9.73. The fourth-order valence-electron chi connectivity index (χ4n) is 3.74. The average molecular weight is 392 g/mol. The van der Waals surface area contributed by atoms with Crippen molar-refractivity contribution in [3.05, 3.63) is 29.6 Å². The summed E-state index contributed by atoms with van der Waals surface area (Å²) in [6.07, 6.45) is 0. The number of hydrogen-bond donors (Lipinski definition) is 3. The van der Waals surface area contributed by atoms with Crippen LogP contribution in [0.2, 0.25) is 0 Å². The van der Waals surface area contributed by atoms with Gasteiger partial charge in [-0.15, -0.1) is 0 Å². The van der Waals surface area contributed by atoms with E-state index in [4.69, 9.17) is 5.73 Å². The van der Waals surface area contributed by atoms with E-state index in [2.05, 4.69) is 10.6 Å². The second-order valence-electron chi connectivity index (χ2n) is 7.54. The van der Waals surface area contributed by atoms with Crippen LogP contribution in [0.3, 0.4) is 0 Å². The van der Waals surface area contributed by atoms with Gasteiger partial charge in [0.1, 0.15) is 5.82 Å². The number of nitrogens with two attached hydrogens (primary N) is 1. The van der Waals surface area contributed by atoms with Crippen molar-refractivity contribution in [2.45, 2.75) is 25.9 Å². The van der Waals surface area contributed by atoms with Gasteiger partial charge in [0.2, 0.25) is 0 Å². The lowest BCUT2D eigenvalue weighted by molar-refractivity contribution is 0.167. The van der Waals surface area contributed by atoms with Crippen molar-refractivity contribution in [3.8, 4) is 0 Å². The highest BCUT2D eigenvalue weighted by Crippen LogP contribution is 2.28. The smallest absolute Gasteiger partial charge is 0.317 e. The van der Waals surface area contributed by atoms with E-state index in [1.54, 1.807) is 15.9 Å². The van der Waals surface area contributed by atoms with Crippen molar-refractivity contribution >= 4 is 17.7 Å². The van der Waals surface area contributed by atoms with Gasteiger partial charge < -0.3 is 31.1 Å². The fourth-order valence-corrected chi connectivity index (χ4v) is 3.74. The number of amides is 4. The number of hydrogen-bond acceptors (Lipinski definition) is 4. The first-order valence-electron chi connectivity index (χ1n) is 9.73. The quantitative estimate of drug-likeness (QED) is 0.718. The number of piperazine rings is 2. The van der Waals surface area contributed by atoms with Gasteiger partial charge in [0.25, 0.3) is 0 Å². The molecule has 0 spiro atoms. The molecule has 2 heterocycles. The monoisotopic (exact) mass is 392 g/mol. The fraction of sp³-hybridized carbons (Fsp3) is 0.579. The van der Waals surface area contributed by atoms with Gasteiger partial charge in [0, 0.05) is 51.9 Å². The van der Waals surface area contributed by atoms with Crippen molar-refractivity contribution in [1.82, 2.24) is 20.4 Å². The summed E-state index contributed by atoms with van der Waals surface area (Å²) >= 11 is 0. The number of urea groups is 2. The van der Waals surface area contributed by atoms with Gasteiger partial charge in [-0.2, -0.15) is 0 Å². The summed E-state index contributed by atoms with van der Waals surface area (Å²) in [7, 11) is 0. The Morgan fingerprint density at radius 1 is 1.21 bits per heavy atom. The lowest BCUT2D eigenvalue weighted by Crippen LogP contribution is -2.53. The molecule has 28 heavy (non-hydrogen) atoms. The molecule has 4 amide bonds. The molecule has 3 rings (SSSR count). The summed E-state index contributed by atoms with van der Waals surface area (Å²) < 4.78 is 14.9. The minimum atomic E-state index is -0.494. The molecule has 2 fully saturated rings. The van der Waals surface area contributed by atoms with Crippen LogP contribution in [0, 0.1) is 5.82 Å². The molecule has 2 aliphatic rings. The molecule has 2 saturated heterocycles. The van der Waals surface area contributed by atoms with Crippen molar-refractivity contribution in [3.63, 3.8) is 0 Å². The van der Waals surface area contributed by atoms with Crippen LogP contribution in [0.15, 0.2) is 18.2 Å². The van der Waals surface area contributed by atoms with Crippen LogP contribution < -0.4 is 21.3 Å². The lowest BCUT2D eigenvalue weighted by Gasteiger charge is -2.37. The summed E-state index contributed by atoms with van der Waals surface area (Å²) in [6, 6.07) is 4.33. The van der Waals surface area contributed by atoms with Crippen LogP contribution in [-0.4, -0.2) is 73.7 Å². The van der Waals surface area contributed by atoms with E-state index in [1.807, 2.05) is 24.8 Å². The molecule has 1 atom stereocenters. The Balaban J connectivity index is 1.66. The number of rotatable bonds is 3. The highest BCUT2D eigenvalue weighted by Gasteiger charge is 2.28. The third-order valence-corrected chi connectivity index (χ3v) is 5.20. The van der Waals surface area contributed by atoms with Crippen LogP contribution in [0.1, 0.15) is 25.5 Å². The van der Waals surface area contributed by atoms with E-state index in [-0.39, 0.29) is 23.9 Å². The van der Waals surface area contributed by atoms with E-state index in [9.17, 15) is 14.0 Å². The van der Waals surface area contributed by atoms with Gasteiger partial charge in [-0.1, -0.05) is 6.07 Å². The topological polar surface area (TPSA) is 93.9 Å². The van der Waals surface area contributed by atoms with E-state index in [1.165, 1.54) is 6.07 Å². The summed E-state index contributed by atoms with van der Waals surface area (Å²) in [4.78, 5) is 29.0. The van der Waals surface area contributed by atoms with E-state index in [0.717, 1.165) is 5.56 Å². The normalized spacial score (nSPS) is 20.4. The zero-order chi connectivity index (χ0) is 20.3. The highest BCUT2D eigenvalue weighted by molar-refractivity contribution is 5.75. The van der Waals surface area contributed by atoms with E-state index in [0.29, 0.717) is 51.5 Å². The van der Waals surface area contributed by atoms with Gasteiger partial charge in [-0.3, -0.25) is 0 Å². The number of primary amides is 1. The average Bonchev–Trinajstić information content (AvgIpc) is 2.67. The number of carbonyl (C=O) groups is 2. The molecule has 1 aromatic carbocycles. The third-order valence-electron chi connectivity index (χ3n) is 5.20. The summed E-state index contributed by atoms with van der Waals surface area (Å²) in [5.74, 6) is -0.326. The Labute approximate surface area is 164 Å². The molecular weight excluding hydrogens is 363 g/mol. The standard InChI is InChI=1S/C19H29FN6O2/c1-13(2)23-19(28)25-9-7-24(8-10-25)16-4-3-14(11-15(16)20)17-12-22-5-6-26(17)18(21)27/h3-4,11,13,17,22H,5-10,12H2,1-2H3,(H2,21,27)(H,23,28). The summed E-state index contributed by atoms with van der Waals surface area (Å²) in [5.41, 5.74) is 6.71. The highest BCUT2D eigenvalue weighted by atomic mass is 19.1. The molecule has 1 unspecified atom stereocenters. The van der Waals surface area contributed by atoms with Crippen molar-refractivity contribution < 1.29 is 14.0 Å². The zero-order valence-electron chi connectivity index (χ0n) is 16.4. The number of benzene rings is 1. The van der Waals surface area contributed by atoms with Crippen LogP contribution >= 0.6 is 0 Å². The lowest BCUT2D eigenvalue weighted by atomic mass is 10.0. The molecule has 2 aliphatic heterocycles. The first-order chi connectivity index (χ1) is 13.4. The SMILES string of the molecule is CC(C)NC(=O)N1CCN(c2ccc(C3CNCCN3C(N)=O)cc2F)CC1. The second kappa shape index (κ2) is 8.64. The second-order valence-corrected chi connectivity index (χ2v) is 7.54. The number of halogens is 1.